The maximum atomic E-state index is 12.9. The number of carbonyl (C=O) groups is 1. The summed E-state index contributed by atoms with van der Waals surface area (Å²) in [5, 5.41) is 2.89. The normalized spacial score (nSPS) is 18.7. The van der Waals surface area contributed by atoms with Gasteiger partial charge in [0.15, 0.2) is 0 Å². The van der Waals surface area contributed by atoms with Gasteiger partial charge in [-0.25, -0.2) is 8.42 Å². The zero-order valence-corrected chi connectivity index (χ0v) is 18.4. The Morgan fingerprint density at radius 1 is 1.13 bits per heavy atom. The number of piperidine rings is 1. The van der Waals surface area contributed by atoms with Crippen LogP contribution in [0.15, 0.2) is 59.5 Å². The first-order valence-electron chi connectivity index (χ1n) is 10.5. The molecule has 3 rings (SSSR count). The van der Waals surface area contributed by atoms with Gasteiger partial charge in [-0.15, -0.1) is 0 Å². The first-order chi connectivity index (χ1) is 14.4. The van der Waals surface area contributed by atoms with Gasteiger partial charge >= 0.3 is 0 Å². The Hall–Kier alpha value is -2.22. The van der Waals surface area contributed by atoms with Gasteiger partial charge in [0, 0.05) is 31.3 Å². The molecule has 6 nitrogen and oxygen atoms in total. The van der Waals surface area contributed by atoms with E-state index in [9.17, 15) is 13.2 Å². The fourth-order valence-electron chi connectivity index (χ4n) is 3.77. The highest BCUT2D eigenvalue weighted by molar-refractivity contribution is 7.89. The van der Waals surface area contributed by atoms with Gasteiger partial charge in [-0.1, -0.05) is 36.8 Å². The standard InChI is InChI=1S/C23H30N2O4S/c1-3-29-22(19-10-5-4-6-11-19)17-24-23(26)20-12-14-21(15-13-20)30(27,28)25-16-8-7-9-18(25)2/h4-6,10-15,18,22H,3,7-9,16-17H2,1-2H3,(H,24,26)/t18-,22-/m0/s1. The predicted molar refractivity (Wildman–Crippen MR) is 117 cm³/mol. The van der Waals surface area contributed by atoms with Gasteiger partial charge < -0.3 is 10.1 Å². The van der Waals surface area contributed by atoms with Crippen LogP contribution in [0.1, 0.15) is 55.1 Å². The van der Waals surface area contributed by atoms with E-state index in [1.807, 2.05) is 44.2 Å². The Labute approximate surface area is 179 Å². The second kappa shape index (κ2) is 10.2. The summed E-state index contributed by atoms with van der Waals surface area (Å²) in [7, 11) is -3.54. The molecule has 2 aromatic rings. The topological polar surface area (TPSA) is 75.7 Å². The lowest BCUT2D eigenvalue weighted by Gasteiger charge is -2.32. The lowest BCUT2D eigenvalue weighted by molar-refractivity contribution is 0.0586. The van der Waals surface area contributed by atoms with E-state index in [1.165, 1.54) is 12.1 Å². The summed E-state index contributed by atoms with van der Waals surface area (Å²) >= 11 is 0. The second-order valence-corrected chi connectivity index (χ2v) is 9.44. The minimum Gasteiger partial charge on any atom is -0.372 e. The first-order valence-corrected chi connectivity index (χ1v) is 11.9. The molecule has 1 aliphatic rings. The molecule has 30 heavy (non-hydrogen) atoms. The van der Waals surface area contributed by atoms with Crippen molar-refractivity contribution < 1.29 is 17.9 Å². The zero-order valence-electron chi connectivity index (χ0n) is 17.6. The zero-order chi connectivity index (χ0) is 21.6. The number of sulfonamides is 1. The van der Waals surface area contributed by atoms with Crippen LogP contribution in [0.5, 0.6) is 0 Å². The van der Waals surface area contributed by atoms with Crippen LogP contribution in [0.4, 0.5) is 0 Å². The number of hydrogen-bond donors (Lipinski definition) is 1. The van der Waals surface area contributed by atoms with Crippen LogP contribution in [0, 0.1) is 0 Å². The molecule has 2 aromatic carbocycles. The Kier molecular flexibility index (Phi) is 7.64. The average molecular weight is 431 g/mol. The van der Waals surface area contributed by atoms with E-state index in [1.54, 1.807) is 16.4 Å². The van der Waals surface area contributed by atoms with E-state index < -0.39 is 10.0 Å². The van der Waals surface area contributed by atoms with Crippen molar-refractivity contribution in [2.24, 2.45) is 0 Å². The van der Waals surface area contributed by atoms with Crippen molar-refractivity contribution in [3.05, 3.63) is 65.7 Å². The largest absolute Gasteiger partial charge is 0.372 e. The second-order valence-electron chi connectivity index (χ2n) is 7.55. The minimum atomic E-state index is -3.54. The molecule has 162 valence electrons. The van der Waals surface area contributed by atoms with Gasteiger partial charge in [0.05, 0.1) is 11.0 Å². The van der Waals surface area contributed by atoms with Crippen LogP contribution >= 0.6 is 0 Å². The molecule has 1 aliphatic heterocycles. The number of hydrogen-bond acceptors (Lipinski definition) is 4. The first kappa shape index (κ1) is 22.5. The minimum absolute atomic E-state index is 0.000195. The maximum Gasteiger partial charge on any atom is 0.251 e. The number of benzene rings is 2. The number of nitrogens with zero attached hydrogens (tertiary/aromatic N) is 1. The van der Waals surface area contributed by atoms with Crippen LogP contribution < -0.4 is 5.32 Å². The van der Waals surface area contributed by atoms with Gasteiger partial charge in [0.2, 0.25) is 10.0 Å². The Morgan fingerprint density at radius 3 is 2.47 bits per heavy atom. The van der Waals surface area contributed by atoms with E-state index in [0.717, 1.165) is 24.8 Å². The van der Waals surface area contributed by atoms with Crippen molar-refractivity contribution in [2.45, 2.75) is 50.2 Å². The maximum absolute atomic E-state index is 12.9. The highest BCUT2D eigenvalue weighted by Gasteiger charge is 2.30. The molecule has 0 aromatic heterocycles. The number of nitrogens with one attached hydrogen (secondary N) is 1. The van der Waals surface area contributed by atoms with Crippen LogP contribution in [-0.2, 0) is 14.8 Å². The monoisotopic (exact) mass is 430 g/mol. The molecule has 1 saturated heterocycles. The number of carbonyl (C=O) groups excluding carboxylic acids is 1. The van der Waals surface area contributed by atoms with Crippen LogP contribution in [0.3, 0.4) is 0 Å². The van der Waals surface area contributed by atoms with E-state index in [0.29, 0.717) is 25.3 Å². The fraction of sp³-hybridized carbons (Fsp3) is 0.435. The molecule has 1 fully saturated rings. The van der Waals surface area contributed by atoms with Crippen molar-refractivity contribution in [3.8, 4) is 0 Å². The number of rotatable bonds is 8. The molecular weight excluding hydrogens is 400 g/mol. The molecule has 0 saturated carbocycles. The SMILES string of the molecule is CCO[C@@H](CNC(=O)c1ccc(S(=O)(=O)N2CCCC[C@@H]2C)cc1)c1ccccc1. The van der Waals surface area contributed by atoms with Gasteiger partial charge in [0.1, 0.15) is 0 Å². The summed E-state index contributed by atoms with van der Waals surface area (Å²) in [6.45, 7) is 5.28. The van der Waals surface area contributed by atoms with Crippen LogP contribution in [0.2, 0.25) is 0 Å². The molecule has 0 aliphatic carbocycles. The summed E-state index contributed by atoms with van der Waals surface area (Å²) in [6.07, 6.45) is 2.58. The van der Waals surface area contributed by atoms with Crippen molar-refractivity contribution in [1.82, 2.24) is 9.62 Å². The summed E-state index contributed by atoms with van der Waals surface area (Å²) in [5.74, 6) is -0.258. The van der Waals surface area contributed by atoms with Gasteiger partial charge in [-0.3, -0.25) is 4.79 Å². The van der Waals surface area contributed by atoms with E-state index in [2.05, 4.69) is 5.32 Å². The molecular formula is C23H30N2O4S. The number of amides is 1. The summed E-state index contributed by atoms with van der Waals surface area (Å²) < 4.78 is 33.2. The molecule has 0 bridgehead atoms. The number of ether oxygens (including phenoxy) is 1. The van der Waals surface area contributed by atoms with Gasteiger partial charge in [-0.05, 0) is 56.5 Å². The van der Waals surface area contributed by atoms with E-state index >= 15 is 0 Å². The quantitative estimate of drug-likeness (QED) is 0.692. The van der Waals surface area contributed by atoms with E-state index in [-0.39, 0.29) is 22.9 Å². The molecule has 0 unspecified atom stereocenters. The highest BCUT2D eigenvalue weighted by atomic mass is 32.2. The lowest BCUT2D eigenvalue weighted by atomic mass is 10.1. The Balaban J connectivity index is 1.66. The third kappa shape index (κ3) is 5.28. The van der Waals surface area contributed by atoms with Gasteiger partial charge in [-0.2, -0.15) is 4.31 Å². The lowest BCUT2D eigenvalue weighted by Crippen LogP contribution is -2.41. The summed E-state index contributed by atoms with van der Waals surface area (Å²) in [5.41, 5.74) is 1.42. The Bertz CT molecular complexity index is 929. The third-order valence-corrected chi connectivity index (χ3v) is 7.48. The van der Waals surface area contributed by atoms with Gasteiger partial charge in [0.25, 0.3) is 5.91 Å². The highest BCUT2D eigenvalue weighted by Crippen LogP contribution is 2.25. The van der Waals surface area contributed by atoms with E-state index in [4.69, 9.17) is 4.74 Å². The molecule has 0 radical (unpaired) electrons. The van der Waals surface area contributed by atoms with Crippen LogP contribution in [0.25, 0.3) is 0 Å². The van der Waals surface area contributed by atoms with Crippen molar-refractivity contribution in [3.63, 3.8) is 0 Å². The molecule has 1 N–H and O–H groups in total. The molecule has 7 heteroatoms. The molecule has 0 spiro atoms. The third-order valence-electron chi connectivity index (χ3n) is 5.45. The van der Waals surface area contributed by atoms with Crippen molar-refractivity contribution in [2.75, 3.05) is 19.7 Å². The average Bonchev–Trinajstić information content (AvgIpc) is 2.77. The van der Waals surface area contributed by atoms with Crippen LogP contribution in [-0.4, -0.2) is 44.4 Å². The van der Waals surface area contributed by atoms with Crippen molar-refractivity contribution in [1.29, 1.82) is 0 Å². The fourth-order valence-corrected chi connectivity index (χ4v) is 5.47. The molecule has 1 heterocycles. The molecule has 2 atom stereocenters. The summed E-state index contributed by atoms with van der Waals surface area (Å²) in [4.78, 5) is 12.8. The van der Waals surface area contributed by atoms with Crippen molar-refractivity contribution >= 4 is 15.9 Å². The smallest absolute Gasteiger partial charge is 0.251 e. The Morgan fingerprint density at radius 2 is 1.83 bits per heavy atom. The predicted octanol–water partition coefficient (Wildman–Crippen LogP) is 3.76. The summed E-state index contributed by atoms with van der Waals surface area (Å²) in [6, 6.07) is 15.9. The molecule has 1 amide bonds.